The molecule has 3 amide bonds. The fourth-order valence-corrected chi connectivity index (χ4v) is 8.63. The third kappa shape index (κ3) is 6.37. The number of allylic oxidation sites excluding steroid dienone is 2. The first kappa shape index (κ1) is 33.5. The van der Waals surface area contributed by atoms with Gasteiger partial charge in [-0.3, -0.25) is 14.4 Å². The molecule has 0 aliphatic heterocycles. The number of primary amides is 1. The molecule has 3 saturated carbocycles. The van der Waals surface area contributed by atoms with Gasteiger partial charge < -0.3 is 31.4 Å². The molecule has 4 aliphatic rings. The number of fused-ring (bicyclic) bond motifs is 5. The minimum atomic E-state index is -1.31. The van der Waals surface area contributed by atoms with Crippen LogP contribution in [0.3, 0.4) is 0 Å². The minimum absolute atomic E-state index is 0.0561. The van der Waals surface area contributed by atoms with Crippen LogP contribution < -0.4 is 16.4 Å². The number of amides is 3. The second-order valence-corrected chi connectivity index (χ2v) is 14.1. The molecular formula is C33H48N4O7. The van der Waals surface area contributed by atoms with Gasteiger partial charge in [-0.2, -0.15) is 0 Å². The number of oxime groups is 1. The molecule has 0 aromatic rings. The van der Waals surface area contributed by atoms with Crippen molar-refractivity contribution in [2.24, 2.45) is 45.4 Å². The Morgan fingerprint density at radius 3 is 2.45 bits per heavy atom. The summed E-state index contributed by atoms with van der Waals surface area (Å²) in [5.41, 5.74) is 6.07. The molecule has 0 unspecified atom stereocenters. The van der Waals surface area contributed by atoms with Gasteiger partial charge >= 0.3 is 5.97 Å². The van der Waals surface area contributed by atoms with Crippen LogP contribution in [0.2, 0.25) is 0 Å². The Kier molecular flexibility index (Phi) is 9.84. The average Bonchev–Trinajstić information content (AvgIpc) is 3.24. The van der Waals surface area contributed by atoms with Crippen LogP contribution in [0, 0.1) is 46.8 Å². The van der Waals surface area contributed by atoms with Crippen molar-refractivity contribution in [1.82, 2.24) is 10.6 Å². The van der Waals surface area contributed by atoms with Crippen LogP contribution in [0.1, 0.15) is 91.9 Å². The lowest BCUT2D eigenvalue weighted by atomic mass is 9.46. The van der Waals surface area contributed by atoms with Gasteiger partial charge in [0.05, 0.1) is 5.71 Å². The van der Waals surface area contributed by atoms with E-state index < -0.39 is 48.0 Å². The fourth-order valence-electron chi connectivity index (χ4n) is 8.63. The Bertz CT molecular complexity index is 1270. The standard InChI is InChI=1S/C33H48N4O7/c1-6-33(43)16-13-24-22-8-7-20-17-21(11-14-31(20,4)23(22)12-15-32(24,33)5)37-44-18-27(39)36-28(19(2)3)29(40)35-25(30(41)42)9-10-26(34)38/h1,17,19,22-25,28,43H,7-16,18H2,2-5H3,(H2,34,38)(H,35,40)(H,36,39)(H,41,42)/b37-21+/t22-,23-,24-,25+,28+,31+,32+,33-/m1/s1. The van der Waals surface area contributed by atoms with Crippen molar-refractivity contribution in [3.05, 3.63) is 11.6 Å². The van der Waals surface area contributed by atoms with Gasteiger partial charge in [-0.25, -0.2) is 4.79 Å². The van der Waals surface area contributed by atoms with Gasteiger partial charge in [-0.15, -0.1) is 6.42 Å². The molecule has 4 rings (SSSR count). The normalized spacial score (nSPS) is 34.8. The second-order valence-electron chi connectivity index (χ2n) is 14.1. The molecule has 0 aromatic heterocycles. The highest BCUT2D eigenvalue weighted by atomic mass is 16.6. The third-order valence-corrected chi connectivity index (χ3v) is 11.3. The monoisotopic (exact) mass is 612 g/mol. The minimum Gasteiger partial charge on any atom is -0.480 e. The largest absolute Gasteiger partial charge is 0.480 e. The van der Waals surface area contributed by atoms with Crippen LogP contribution in [-0.2, 0) is 24.0 Å². The summed E-state index contributed by atoms with van der Waals surface area (Å²) in [6.45, 7) is 7.61. The molecular weight excluding hydrogens is 564 g/mol. The Labute approximate surface area is 259 Å². The molecule has 0 aromatic carbocycles. The van der Waals surface area contributed by atoms with Gasteiger partial charge in [0.25, 0.3) is 5.91 Å². The summed E-state index contributed by atoms with van der Waals surface area (Å²) in [7, 11) is 0. The van der Waals surface area contributed by atoms with E-state index in [9.17, 15) is 29.4 Å². The first-order chi connectivity index (χ1) is 20.6. The van der Waals surface area contributed by atoms with E-state index in [1.165, 1.54) is 5.57 Å². The molecule has 0 bridgehead atoms. The number of nitrogens with two attached hydrogens (primary N) is 1. The Hall–Kier alpha value is -3.39. The van der Waals surface area contributed by atoms with E-state index >= 15 is 0 Å². The highest BCUT2D eigenvalue weighted by Gasteiger charge is 2.63. The zero-order valence-electron chi connectivity index (χ0n) is 26.4. The quantitative estimate of drug-likeness (QED) is 0.176. The molecule has 242 valence electrons. The maximum atomic E-state index is 12.8. The summed E-state index contributed by atoms with van der Waals surface area (Å²) in [6, 6.07) is -2.31. The van der Waals surface area contributed by atoms with Crippen LogP contribution in [0.15, 0.2) is 16.8 Å². The van der Waals surface area contributed by atoms with E-state index in [-0.39, 0.29) is 29.6 Å². The van der Waals surface area contributed by atoms with Gasteiger partial charge in [0, 0.05) is 11.8 Å². The van der Waals surface area contributed by atoms with Crippen LogP contribution >= 0.6 is 0 Å². The number of carboxylic acids is 1. The van der Waals surface area contributed by atoms with Gasteiger partial charge in [0.1, 0.15) is 17.7 Å². The van der Waals surface area contributed by atoms with Gasteiger partial charge in [-0.05, 0) is 93.0 Å². The van der Waals surface area contributed by atoms with Crippen molar-refractivity contribution in [3.8, 4) is 12.3 Å². The fraction of sp³-hybridized carbons (Fsp3) is 0.727. The molecule has 44 heavy (non-hydrogen) atoms. The number of carbonyl (C=O) groups is 4. The lowest BCUT2D eigenvalue weighted by Gasteiger charge is -2.58. The van der Waals surface area contributed by atoms with E-state index in [0.717, 1.165) is 50.7 Å². The van der Waals surface area contributed by atoms with Gasteiger partial charge in [-0.1, -0.05) is 44.3 Å². The highest BCUT2D eigenvalue weighted by Crippen LogP contribution is 2.67. The number of aliphatic carboxylic acids is 1. The summed E-state index contributed by atoms with van der Waals surface area (Å²) >= 11 is 0. The van der Waals surface area contributed by atoms with Crippen molar-refractivity contribution in [3.63, 3.8) is 0 Å². The molecule has 11 nitrogen and oxygen atoms in total. The van der Waals surface area contributed by atoms with E-state index in [1.807, 2.05) is 0 Å². The van der Waals surface area contributed by atoms with Crippen molar-refractivity contribution in [2.45, 2.75) is 110 Å². The number of rotatable bonds is 11. The molecule has 0 saturated heterocycles. The van der Waals surface area contributed by atoms with Crippen molar-refractivity contribution < 1.29 is 34.2 Å². The molecule has 0 heterocycles. The molecule has 6 N–H and O–H groups in total. The number of nitrogens with zero attached hydrogens (tertiary/aromatic N) is 1. The molecule has 11 heteroatoms. The first-order valence-electron chi connectivity index (χ1n) is 15.9. The van der Waals surface area contributed by atoms with Crippen molar-refractivity contribution >= 4 is 29.4 Å². The van der Waals surface area contributed by atoms with E-state index in [0.29, 0.717) is 24.2 Å². The number of hydrogen-bond acceptors (Lipinski definition) is 7. The average molecular weight is 613 g/mol. The van der Waals surface area contributed by atoms with E-state index in [2.05, 4.69) is 41.6 Å². The number of hydrogen-bond donors (Lipinski definition) is 5. The lowest BCUT2D eigenvalue weighted by molar-refractivity contribution is -0.143. The number of carboxylic acid groups (broad SMARTS) is 1. The van der Waals surface area contributed by atoms with Crippen LogP contribution in [0.5, 0.6) is 0 Å². The summed E-state index contributed by atoms with van der Waals surface area (Å²) in [5.74, 6) is 0.706. The summed E-state index contributed by atoms with van der Waals surface area (Å²) in [5, 5.41) is 29.9. The van der Waals surface area contributed by atoms with Crippen molar-refractivity contribution in [1.29, 1.82) is 0 Å². The number of nitrogens with one attached hydrogen (secondary N) is 2. The molecule has 8 atom stereocenters. The van der Waals surface area contributed by atoms with Crippen LogP contribution in [0.25, 0.3) is 0 Å². The number of carbonyl (C=O) groups excluding carboxylic acids is 3. The summed E-state index contributed by atoms with van der Waals surface area (Å²) < 4.78 is 0. The number of terminal acetylenes is 1. The SMILES string of the molecule is C#C[C@@]1(O)CC[C@@H]2[C@@H]3CCC4=C/C(=N/OCC(=O)N[C@H](C(=O)N[C@@H](CCC(N)=O)C(=O)O)C(C)C)CC[C@]4(C)[C@@H]3CC[C@@]21C. The zero-order chi connectivity index (χ0) is 32.4. The van der Waals surface area contributed by atoms with Crippen LogP contribution in [-0.4, -0.2) is 63.9 Å². The third-order valence-electron chi connectivity index (χ3n) is 11.3. The predicted molar refractivity (Wildman–Crippen MR) is 164 cm³/mol. The molecule has 0 radical (unpaired) electrons. The zero-order valence-corrected chi connectivity index (χ0v) is 26.4. The molecule has 3 fully saturated rings. The molecule has 4 aliphatic carbocycles. The maximum Gasteiger partial charge on any atom is 0.326 e. The van der Waals surface area contributed by atoms with Crippen LogP contribution in [0.4, 0.5) is 0 Å². The Balaban J connectivity index is 1.34. The lowest BCUT2D eigenvalue weighted by Crippen LogP contribution is -2.54. The summed E-state index contributed by atoms with van der Waals surface area (Å²) in [6.07, 6.45) is 14.9. The summed E-state index contributed by atoms with van der Waals surface area (Å²) in [4.78, 5) is 53.4. The second kappa shape index (κ2) is 12.9. The first-order valence-corrected chi connectivity index (χ1v) is 15.9. The Morgan fingerprint density at radius 2 is 1.82 bits per heavy atom. The van der Waals surface area contributed by atoms with Gasteiger partial charge in [0.2, 0.25) is 11.8 Å². The maximum absolute atomic E-state index is 12.8. The molecule has 0 spiro atoms. The highest BCUT2D eigenvalue weighted by molar-refractivity contribution is 5.96. The predicted octanol–water partition coefficient (Wildman–Crippen LogP) is 2.66. The topological polar surface area (TPSA) is 180 Å². The Morgan fingerprint density at radius 1 is 1.11 bits per heavy atom. The smallest absolute Gasteiger partial charge is 0.326 e. The number of aliphatic hydroxyl groups is 1. The van der Waals surface area contributed by atoms with Gasteiger partial charge in [0.15, 0.2) is 6.61 Å². The van der Waals surface area contributed by atoms with E-state index in [1.54, 1.807) is 13.8 Å². The van der Waals surface area contributed by atoms with E-state index in [4.69, 9.17) is 17.0 Å². The van der Waals surface area contributed by atoms with Crippen molar-refractivity contribution in [2.75, 3.05) is 6.61 Å².